The molecule has 1 unspecified atom stereocenters. The fourth-order valence-corrected chi connectivity index (χ4v) is 11.1. The van der Waals surface area contributed by atoms with Crippen molar-refractivity contribution in [2.45, 2.75) is 116 Å². The van der Waals surface area contributed by atoms with Gasteiger partial charge in [-0.25, -0.2) is 0 Å². The van der Waals surface area contributed by atoms with Crippen molar-refractivity contribution in [2.24, 2.45) is 46.3 Å². The lowest BCUT2D eigenvalue weighted by Gasteiger charge is -2.58. The molecule has 0 bridgehead atoms. The van der Waals surface area contributed by atoms with Crippen molar-refractivity contribution in [2.75, 3.05) is 33.7 Å². The minimum atomic E-state index is -0.170. The maximum absolute atomic E-state index is 12.7. The molecule has 2 amide bonds. The fourth-order valence-electron chi connectivity index (χ4n) is 11.1. The van der Waals surface area contributed by atoms with Gasteiger partial charge >= 0.3 is 0 Å². The van der Waals surface area contributed by atoms with Crippen molar-refractivity contribution >= 4 is 11.8 Å². The summed E-state index contributed by atoms with van der Waals surface area (Å²) in [5, 5.41) is 10.0. The minimum Gasteiger partial charge on any atom is -0.357 e. The summed E-state index contributed by atoms with van der Waals surface area (Å²) in [6, 6.07) is 0.144. The Hall–Kier alpha value is -1.44. The van der Waals surface area contributed by atoms with E-state index < -0.39 is 0 Å². The van der Waals surface area contributed by atoms with Gasteiger partial charge < -0.3 is 20.3 Å². The average molecular weight is 583 g/mol. The molecule has 6 aliphatic rings. The van der Waals surface area contributed by atoms with Crippen molar-refractivity contribution in [3.05, 3.63) is 11.6 Å². The van der Waals surface area contributed by atoms with E-state index in [0.29, 0.717) is 29.9 Å². The molecule has 0 aromatic heterocycles. The molecule has 42 heavy (non-hydrogen) atoms. The number of rotatable bonds is 7. The highest BCUT2D eigenvalue weighted by Gasteiger charge is 2.68. The van der Waals surface area contributed by atoms with Crippen molar-refractivity contribution in [3.63, 3.8) is 0 Å². The van der Waals surface area contributed by atoms with Crippen LogP contribution in [-0.4, -0.2) is 68.3 Å². The van der Waals surface area contributed by atoms with E-state index in [0.717, 1.165) is 62.4 Å². The number of allylic oxidation sites excluding steroid dienone is 1. The van der Waals surface area contributed by atoms with E-state index in [4.69, 9.17) is 4.74 Å². The molecular weight excluding hydrogens is 524 g/mol. The van der Waals surface area contributed by atoms with Crippen LogP contribution in [0.4, 0.5) is 0 Å². The highest BCUT2D eigenvalue weighted by atomic mass is 16.5. The predicted octanol–water partition coefficient (Wildman–Crippen LogP) is 4.87. The van der Waals surface area contributed by atoms with Crippen LogP contribution in [0.3, 0.4) is 0 Å². The van der Waals surface area contributed by atoms with E-state index in [1.165, 1.54) is 38.5 Å². The van der Waals surface area contributed by atoms with E-state index in [1.807, 2.05) is 14.1 Å². The molecule has 5 fully saturated rings. The summed E-state index contributed by atoms with van der Waals surface area (Å²) in [4.78, 5) is 27.1. The molecule has 2 saturated heterocycles. The first-order valence-electron chi connectivity index (χ1n) is 17.3. The Labute approximate surface area is 254 Å². The Morgan fingerprint density at radius 2 is 1.88 bits per heavy atom. The van der Waals surface area contributed by atoms with Crippen LogP contribution in [0, 0.1) is 46.3 Å². The molecule has 6 rings (SSSR count). The summed E-state index contributed by atoms with van der Waals surface area (Å²) in [5.41, 5.74) is 2.09. The Bertz CT molecular complexity index is 1070. The number of amides is 2. The number of fused-ring (bicyclic) bond motifs is 7. The molecule has 2 heterocycles. The van der Waals surface area contributed by atoms with Gasteiger partial charge in [-0.1, -0.05) is 39.3 Å². The molecule has 2 aliphatic heterocycles. The molecule has 7 nitrogen and oxygen atoms in total. The van der Waals surface area contributed by atoms with Crippen LogP contribution in [0.2, 0.25) is 0 Å². The third-order valence-electron chi connectivity index (χ3n) is 13.4. The first-order chi connectivity index (χ1) is 19.9. The lowest BCUT2D eigenvalue weighted by atomic mass is 9.46. The highest BCUT2D eigenvalue weighted by Crippen LogP contribution is 2.70. The molecule has 3 saturated carbocycles. The molecule has 236 valence electrons. The molecule has 7 heteroatoms. The number of hydrogen-bond acceptors (Lipinski definition) is 5. The Morgan fingerprint density at radius 1 is 1.07 bits per heavy atom. The fraction of sp³-hybridized carbons (Fsp3) is 0.886. The Kier molecular flexibility index (Phi) is 8.36. The maximum Gasteiger partial charge on any atom is 0.229 e. The maximum atomic E-state index is 12.7. The number of carbonyl (C=O) groups excluding carboxylic acids is 2. The molecule has 4 aliphatic carbocycles. The van der Waals surface area contributed by atoms with Crippen LogP contribution in [0.25, 0.3) is 0 Å². The summed E-state index contributed by atoms with van der Waals surface area (Å²) in [6.07, 6.45) is 14.4. The summed E-state index contributed by atoms with van der Waals surface area (Å²) < 4.78 is 7.06. The van der Waals surface area contributed by atoms with Crippen LogP contribution in [0.15, 0.2) is 11.6 Å². The molecule has 1 spiro atoms. The average Bonchev–Trinajstić information content (AvgIpc) is 3.38. The summed E-state index contributed by atoms with van der Waals surface area (Å²) >= 11 is 0. The van der Waals surface area contributed by atoms with E-state index in [9.17, 15) is 9.59 Å². The smallest absolute Gasteiger partial charge is 0.229 e. The van der Waals surface area contributed by atoms with Crippen LogP contribution >= 0.6 is 0 Å². The quantitative estimate of drug-likeness (QED) is 0.227. The van der Waals surface area contributed by atoms with E-state index in [2.05, 4.69) is 54.6 Å². The highest BCUT2D eigenvalue weighted by molar-refractivity contribution is 5.96. The van der Waals surface area contributed by atoms with Gasteiger partial charge in [0.2, 0.25) is 11.8 Å². The first-order valence-corrected chi connectivity index (χ1v) is 17.3. The number of ether oxygens (including phenoxy) is 1. The number of hydrogen-bond donors (Lipinski definition) is 3. The normalized spacial score (nSPS) is 45.9. The third-order valence-corrected chi connectivity index (χ3v) is 13.4. The van der Waals surface area contributed by atoms with Gasteiger partial charge in [-0.2, -0.15) is 0 Å². The molecule has 0 aromatic rings. The molecule has 0 radical (unpaired) electrons. The van der Waals surface area contributed by atoms with Gasteiger partial charge in [0.05, 0.1) is 6.10 Å². The van der Waals surface area contributed by atoms with Gasteiger partial charge in [0.25, 0.3) is 0 Å². The van der Waals surface area contributed by atoms with Gasteiger partial charge in [-0.05, 0) is 125 Å². The summed E-state index contributed by atoms with van der Waals surface area (Å²) in [5.74, 6) is 3.91. The second-order valence-electron chi connectivity index (χ2n) is 16.1. The number of nitrogens with one attached hydrogen (secondary N) is 3. The second kappa shape index (κ2) is 11.5. The van der Waals surface area contributed by atoms with Gasteiger partial charge in [-0.3, -0.25) is 14.9 Å². The van der Waals surface area contributed by atoms with E-state index in [1.54, 1.807) is 5.57 Å². The number of carbonyl (C=O) groups is 2. The van der Waals surface area contributed by atoms with Crippen molar-refractivity contribution < 1.29 is 14.3 Å². The van der Waals surface area contributed by atoms with E-state index >= 15 is 0 Å². The number of nitrogens with zero attached hydrogens (tertiary/aromatic N) is 1. The Morgan fingerprint density at radius 3 is 2.62 bits per heavy atom. The zero-order valence-corrected chi connectivity index (χ0v) is 27.3. The third kappa shape index (κ3) is 5.27. The second-order valence-corrected chi connectivity index (χ2v) is 16.1. The van der Waals surface area contributed by atoms with Gasteiger partial charge in [0, 0.05) is 25.0 Å². The summed E-state index contributed by atoms with van der Waals surface area (Å²) in [6.45, 7) is 12.7. The minimum absolute atomic E-state index is 0.0710. The summed E-state index contributed by atoms with van der Waals surface area (Å²) in [7, 11) is 4.05. The van der Waals surface area contributed by atoms with Crippen molar-refractivity contribution in [1.82, 2.24) is 20.9 Å². The standard InChI is InChI=1S/C35H58N4O3/c1-22-10-15-35(37-21-22)23(2)32-29(42-35)19-28-26-9-8-24-18-25(11-13-33(24,3)27(26)12-14-34(28,32)4)38-31(41)20-30(40)36-16-7-17-39(5)6/h8,22-23,25-29,32,37H,7,9-21H2,1-6H3,(H,36,40)(H,38,41)/t22-,23+,25?,26-,27+,28+,29+,32+,33+,34+,35-/m1/s1. The number of piperidine rings is 1. The van der Waals surface area contributed by atoms with Crippen molar-refractivity contribution in [3.8, 4) is 0 Å². The van der Waals surface area contributed by atoms with Gasteiger partial charge in [0.15, 0.2) is 0 Å². The van der Waals surface area contributed by atoms with Crippen LogP contribution < -0.4 is 16.0 Å². The lowest BCUT2D eigenvalue weighted by molar-refractivity contribution is -0.129. The van der Waals surface area contributed by atoms with Crippen molar-refractivity contribution in [1.29, 1.82) is 0 Å². The molecule has 3 N–H and O–H groups in total. The zero-order chi connectivity index (χ0) is 29.9. The SMILES string of the molecule is C[C@@H]1CC[C@@]2(NC1)O[C@H]1C[C@H]3[C@@H]4CC=C5CC(NC(=O)CC(=O)NCCCN(C)C)CC[C@]5(C)[C@H]4CC[C@]3(C)[C@H]1[C@@H]2C. The molecule has 11 atom stereocenters. The Balaban J connectivity index is 1.06. The van der Waals surface area contributed by atoms with Crippen LogP contribution in [-0.2, 0) is 14.3 Å². The topological polar surface area (TPSA) is 82.7 Å². The van der Waals surface area contributed by atoms with E-state index in [-0.39, 0.29) is 35.4 Å². The lowest BCUT2D eigenvalue weighted by Crippen LogP contribution is -2.57. The van der Waals surface area contributed by atoms with Crippen LogP contribution in [0.1, 0.15) is 98.3 Å². The molecular formula is C35H58N4O3. The predicted molar refractivity (Wildman–Crippen MR) is 166 cm³/mol. The monoisotopic (exact) mass is 582 g/mol. The zero-order valence-electron chi connectivity index (χ0n) is 27.3. The first kappa shape index (κ1) is 30.6. The van der Waals surface area contributed by atoms with Gasteiger partial charge in [-0.15, -0.1) is 0 Å². The molecule has 0 aromatic carbocycles. The van der Waals surface area contributed by atoms with Crippen LogP contribution in [0.5, 0.6) is 0 Å². The largest absolute Gasteiger partial charge is 0.357 e. The van der Waals surface area contributed by atoms with Gasteiger partial charge in [0.1, 0.15) is 12.1 Å².